The van der Waals surface area contributed by atoms with Crippen molar-refractivity contribution in [3.05, 3.63) is 45.4 Å². The second-order valence-corrected chi connectivity index (χ2v) is 5.07. The molecule has 0 aliphatic rings. The molecule has 1 aromatic rings. The molecule has 0 aliphatic heterocycles. The van der Waals surface area contributed by atoms with Crippen molar-refractivity contribution < 1.29 is 14.6 Å². The highest BCUT2D eigenvalue weighted by atomic mass is 32.2. The number of esters is 1. The number of carbonyl (C=O) groups is 1. The summed E-state index contributed by atoms with van der Waals surface area (Å²) in [7, 11) is 1.26. The number of rotatable bonds is 5. The molecule has 0 amide bonds. The molecule has 0 aliphatic carbocycles. The molecule has 0 spiro atoms. The van der Waals surface area contributed by atoms with Crippen molar-refractivity contribution in [1.29, 1.82) is 0 Å². The smallest absolute Gasteiger partial charge is 0.348 e. The number of hydrogen-bond donors (Lipinski definition) is 1. The summed E-state index contributed by atoms with van der Waals surface area (Å²) >= 11 is 2.51. The highest BCUT2D eigenvalue weighted by Gasteiger charge is 2.43. The molecule has 92 valence electrons. The maximum absolute atomic E-state index is 11.9. The average Bonchev–Trinajstić information content (AvgIpc) is 2.88. The third-order valence-electron chi connectivity index (χ3n) is 2.19. The molecular weight excluding hydrogens is 256 g/mol. The van der Waals surface area contributed by atoms with Gasteiger partial charge in [0.2, 0.25) is 5.60 Å². The van der Waals surface area contributed by atoms with Crippen LogP contribution in [0.3, 0.4) is 0 Å². The van der Waals surface area contributed by atoms with Crippen LogP contribution in [0.5, 0.6) is 0 Å². The van der Waals surface area contributed by atoms with Crippen LogP contribution >= 0.6 is 23.1 Å². The van der Waals surface area contributed by atoms with Crippen LogP contribution < -0.4 is 0 Å². The lowest BCUT2D eigenvalue weighted by Crippen LogP contribution is -2.37. The Kier molecular flexibility index (Phi) is 4.99. The minimum absolute atomic E-state index is 0.488. The summed E-state index contributed by atoms with van der Waals surface area (Å²) in [4.78, 5) is 12.9. The van der Waals surface area contributed by atoms with Crippen molar-refractivity contribution in [3.8, 4) is 0 Å². The standard InChI is InChI=1S/C12H14O3S2/c1-4-9(16-5-2)12(14,11(13)15-3)10-7-6-8-17-10/h4-8,14H,2H2,1,3H3/b9-4-. The fourth-order valence-corrected chi connectivity index (χ4v) is 2.98. The second-order valence-electron chi connectivity index (χ2n) is 3.12. The molecule has 1 rings (SSSR count). The summed E-state index contributed by atoms with van der Waals surface area (Å²) in [6, 6.07) is 3.48. The molecule has 1 unspecified atom stereocenters. The Morgan fingerprint density at radius 1 is 1.71 bits per heavy atom. The monoisotopic (exact) mass is 270 g/mol. The predicted molar refractivity (Wildman–Crippen MR) is 71.8 cm³/mol. The average molecular weight is 270 g/mol. The molecule has 0 saturated carbocycles. The molecule has 1 N–H and O–H groups in total. The van der Waals surface area contributed by atoms with Crippen LogP contribution in [0.2, 0.25) is 0 Å². The number of thiophene rings is 1. The minimum atomic E-state index is -1.74. The van der Waals surface area contributed by atoms with Crippen LogP contribution in [0.1, 0.15) is 11.8 Å². The Bertz CT molecular complexity index is 423. The highest BCUT2D eigenvalue weighted by Crippen LogP contribution is 2.40. The minimum Gasteiger partial charge on any atom is -0.466 e. The Morgan fingerprint density at radius 2 is 2.41 bits per heavy atom. The fraction of sp³-hybridized carbons (Fsp3) is 0.250. The van der Waals surface area contributed by atoms with Gasteiger partial charge in [-0.15, -0.1) is 11.3 Å². The van der Waals surface area contributed by atoms with Crippen LogP contribution in [0, 0.1) is 0 Å². The molecule has 1 atom stereocenters. The van der Waals surface area contributed by atoms with Gasteiger partial charge in [0.05, 0.1) is 12.0 Å². The van der Waals surface area contributed by atoms with Crippen molar-refractivity contribution in [2.75, 3.05) is 7.11 Å². The molecule has 5 heteroatoms. The van der Waals surface area contributed by atoms with Gasteiger partial charge < -0.3 is 9.84 Å². The topological polar surface area (TPSA) is 46.5 Å². The van der Waals surface area contributed by atoms with Gasteiger partial charge in [0.25, 0.3) is 0 Å². The zero-order valence-electron chi connectivity index (χ0n) is 9.67. The number of thioether (sulfide) groups is 1. The number of methoxy groups -OCH3 is 1. The van der Waals surface area contributed by atoms with Gasteiger partial charge in [-0.05, 0) is 23.8 Å². The van der Waals surface area contributed by atoms with Crippen molar-refractivity contribution in [2.45, 2.75) is 12.5 Å². The van der Waals surface area contributed by atoms with Crippen LogP contribution in [0.4, 0.5) is 0 Å². The van der Waals surface area contributed by atoms with Crippen molar-refractivity contribution in [2.24, 2.45) is 0 Å². The van der Waals surface area contributed by atoms with E-state index >= 15 is 0 Å². The molecule has 3 nitrogen and oxygen atoms in total. The first kappa shape index (κ1) is 14.0. The molecule has 0 fully saturated rings. The molecule has 0 aromatic carbocycles. The van der Waals surface area contributed by atoms with Gasteiger partial charge in [-0.25, -0.2) is 4.79 Å². The zero-order chi connectivity index (χ0) is 12.9. The van der Waals surface area contributed by atoms with Gasteiger partial charge in [-0.3, -0.25) is 0 Å². The number of ether oxygens (including phenoxy) is 1. The Hall–Kier alpha value is -1.04. The first-order valence-corrected chi connectivity index (χ1v) is 6.66. The SMILES string of the molecule is C=CS/C(=C\C)C(O)(C(=O)OC)c1cccs1. The summed E-state index contributed by atoms with van der Waals surface area (Å²) in [5, 5.41) is 14.0. The van der Waals surface area contributed by atoms with Crippen LogP contribution in [0.15, 0.2) is 40.5 Å². The third kappa shape index (κ3) is 2.62. The van der Waals surface area contributed by atoms with E-state index in [2.05, 4.69) is 6.58 Å². The first-order valence-electron chi connectivity index (χ1n) is 4.90. The molecule has 0 saturated heterocycles. The fourth-order valence-electron chi connectivity index (χ4n) is 1.41. The zero-order valence-corrected chi connectivity index (χ0v) is 11.3. The Morgan fingerprint density at radius 3 is 2.82 bits per heavy atom. The highest BCUT2D eigenvalue weighted by molar-refractivity contribution is 8.05. The van der Waals surface area contributed by atoms with Crippen LogP contribution in [0.25, 0.3) is 0 Å². The lowest BCUT2D eigenvalue weighted by Gasteiger charge is -2.25. The van der Waals surface area contributed by atoms with Gasteiger partial charge in [0, 0.05) is 4.91 Å². The lowest BCUT2D eigenvalue weighted by molar-refractivity contribution is -0.158. The third-order valence-corrected chi connectivity index (χ3v) is 4.12. The first-order chi connectivity index (χ1) is 8.11. The van der Waals surface area contributed by atoms with Gasteiger partial charge in [-0.2, -0.15) is 0 Å². The summed E-state index contributed by atoms with van der Waals surface area (Å²) < 4.78 is 4.70. The quantitative estimate of drug-likeness (QED) is 0.836. The predicted octanol–water partition coefficient (Wildman–Crippen LogP) is 2.89. The van der Waals surface area contributed by atoms with E-state index in [-0.39, 0.29) is 0 Å². The van der Waals surface area contributed by atoms with Gasteiger partial charge >= 0.3 is 5.97 Å². The van der Waals surface area contributed by atoms with E-state index in [1.54, 1.807) is 35.9 Å². The number of hydrogen-bond acceptors (Lipinski definition) is 5. The van der Waals surface area contributed by atoms with E-state index in [0.29, 0.717) is 9.78 Å². The summed E-state index contributed by atoms with van der Waals surface area (Å²) in [6.07, 6.45) is 1.68. The maximum Gasteiger partial charge on any atom is 0.348 e. The van der Waals surface area contributed by atoms with E-state index in [4.69, 9.17) is 4.74 Å². The van der Waals surface area contributed by atoms with E-state index in [1.165, 1.54) is 30.2 Å². The summed E-state index contributed by atoms with van der Waals surface area (Å²) in [5.74, 6) is -0.692. The van der Waals surface area contributed by atoms with Crippen LogP contribution in [-0.4, -0.2) is 18.2 Å². The van der Waals surface area contributed by atoms with Gasteiger partial charge in [-0.1, -0.05) is 30.5 Å². The molecule has 1 aromatic heterocycles. The number of allylic oxidation sites excluding steroid dienone is 1. The normalized spacial score (nSPS) is 15.1. The Labute approximate surface area is 109 Å². The van der Waals surface area contributed by atoms with E-state index < -0.39 is 11.6 Å². The van der Waals surface area contributed by atoms with E-state index in [1.807, 2.05) is 0 Å². The molecule has 1 heterocycles. The molecule has 0 bridgehead atoms. The van der Waals surface area contributed by atoms with Crippen LogP contribution in [-0.2, 0) is 15.1 Å². The summed E-state index contributed by atoms with van der Waals surface area (Å²) in [6.45, 7) is 5.35. The van der Waals surface area contributed by atoms with E-state index in [9.17, 15) is 9.90 Å². The Balaban J connectivity index is 3.28. The van der Waals surface area contributed by atoms with Crippen molar-refractivity contribution in [3.63, 3.8) is 0 Å². The maximum atomic E-state index is 11.9. The van der Waals surface area contributed by atoms with Crippen molar-refractivity contribution >= 4 is 29.1 Å². The summed E-state index contributed by atoms with van der Waals surface area (Å²) in [5.41, 5.74) is -1.74. The van der Waals surface area contributed by atoms with Crippen molar-refractivity contribution in [1.82, 2.24) is 0 Å². The second kappa shape index (κ2) is 6.05. The largest absolute Gasteiger partial charge is 0.466 e. The molecular formula is C12H14O3S2. The molecule has 0 radical (unpaired) electrons. The number of carbonyl (C=O) groups excluding carboxylic acids is 1. The lowest BCUT2D eigenvalue weighted by atomic mass is 10.0. The number of aliphatic hydroxyl groups is 1. The van der Waals surface area contributed by atoms with Gasteiger partial charge in [0.15, 0.2) is 0 Å². The van der Waals surface area contributed by atoms with Gasteiger partial charge in [0.1, 0.15) is 0 Å². The van der Waals surface area contributed by atoms with E-state index in [0.717, 1.165) is 0 Å². The molecule has 17 heavy (non-hydrogen) atoms.